The number of benzene rings is 2. The number of rotatable bonds is 6. The van der Waals surface area contributed by atoms with Crippen LogP contribution in [-0.2, 0) is 16.1 Å². The van der Waals surface area contributed by atoms with Crippen LogP contribution in [0.15, 0.2) is 48.5 Å². The molecule has 0 spiro atoms. The first-order valence-corrected chi connectivity index (χ1v) is 8.54. The fraction of sp³-hybridized carbons (Fsp3) is 0.300. The van der Waals surface area contributed by atoms with Crippen molar-refractivity contribution >= 4 is 23.5 Å². The molecule has 0 aliphatic heterocycles. The van der Waals surface area contributed by atoms with Crippen molar-refractivity contribution in [3.05, 3.63) is 70.2 Å². The van der Waals surface area contributed by atoms with Crippen LogP contribution in [-0.4, -0.2) is 17.9 Å². The number of esters is 1. The lowest BCUT2D eigenvalue weighted by Crippen LogP contribution is -2.45. The Morgan fingerprint density at radius 1 is 1.08 bits per heavy atom. The lowest BCUT2D eigenvalue weighted by molar-refractivity contribution is -0.148. The summed E-state index contributed by atoms with van der Waals surface area (Å²) in [6, 6.07) is 13.7. The third-order valence-electron chi connectivity index (χ3n) is 3.83. The largest absolute Gasteiger partial charge is 0.459 e. The van der Waals surface area contributed by atoms with Gasteiger partial charge in [0.05, 0.1) is 10.6 Å². The second-order valence-electron chi connectivity index (χ2n) is 6.27. The van der Waals surface area contributed by atoms with E-state index in [0.717, 1.165) is 11.1 Å². The number of ether oxygens (including phenoxy) is 1. The first-order valence-electron chi connectivity index (χ1n) is 8.16. The minimum absolute atomic E-state index is 0.114. The maximum absolute atomic E-state index is 12.4. The third kappa shape index (κ3) is 5.33. The Bertz CT molecular complexity index is 741. The summed E-state index contributed by atoms with van der Waals surface area (Å²) in [6.45, 7) is 5.87. The number of amides is 1. The maximum Gasteiger partial charge on any atom is 0.329 e. The molecule has 0 aliphatic rings. The van der Waals surface area contributed by atoms with Crippen LogP contribution < -0.4 is 5.32 Å². The lowest BCUT2D eigenvalue weighted by atomic mass is 10.0. The smallest absolute Gasteiger partial charge is 0.329 e. The minimum Gasteiger partial charge on any atom is -0.459 e. The van der Waals surface area contributed by atoms with E-state index in [1.165, 1.54) is 0 Å². The molecule has 25 heavy (non-hydrogen) atoms. The van der Waals surface area contributed by atoms with E-state index in [-0.39, 0.29) is 12.5 Å². The monoisotopic (exact) mass is 359 g/mol. The van der Waals surface area contributed by atoms with Crippen LogP contribution in [0.1, 0.15) is 35.3 Å². The normalized spacial score (nSPS) is 11.9. The number of hydrogen-bond acceptors (Lipinski definition) is 3. The highest BCUT2D eigenvalue weighted by molar-refractivity contribution is 6.33. The number of carbonyl (C=O) groups is 2. The molecule has 0 fully saturated rings. The van der Waals surface area contributed by atoms with Gasteiger partial charge in [0.15, 0.2) is 0 Å². The molecule has 2 aromatic rings. The van der Waals surface area contributed by atoms with Crippen LogP contribution in [0.2, 0.25) is 5.02 Å². The van der Waals surface area contributed by atoms with Gasteiger partial charge in [-0.1, -0.05) is 67.4 Å². The lowest BCUT2D eigenvalue weighted by Gasteiger charge is -2.21. The minimum atomic E-state index is -0.741. The summed E-state index contributed by atoms with van der Waals surface area (Å²) in [5, 5.41) is 3.06. The van der Waals surface area contributed by atoms with Gasteiger partial charge in [-0.15, -0.1) is 0 Å². The van der Waals surface area contributed by atoms with Crippen LogP contribution in [0.25, 0.3) is 0 Å². The fourth-order valence-electron chi connectivity index (χ4n) is 2.29. The summed E-state index contributed by atoms with van der Waals surface area (Å²) in [5.74, 6) is -0.968. The van der Waals surface area contributed by atoms with Crippen molar-refractivity contribution < 1.29 is 14.3 Å². The van der Waals surface area contributed by atoms with E-state index in [9.17, 15) is 9.59 Å². The van der Waals surface area contributed by atoms with E-state index in [2.05, 4.69) is 5.32 Å². The number of hydrogen-bond donors (Lipinski definition) is 1. The SMILES string of the molecule is Cc1ccc(COC(=O)[C@@H](NC(=O)c2ccccc2Cl)C(C)C)cc1. The molecule has 0 aromatic heterocycles. The zero-order valence-corrected chi connectivity index (χ0v) is 15.3. The van der Waals surface area contributed by atoms with Crippen LogP contribution >= 0.6 is 11.6 Å². The van der Waals surface area contributed by atoms with E-state index >= 15 is 0 Å². The number of carbonyl (C=O) groups excluding carboxylic acids is 2. The predicted octanol–water partition coefficient (Wildman–Crippen LogP) is 4.15. The number of halogens is 1. The molecule has 2 rings (SSSR count). The van der Waals surface area contributed by atoms with Crippen LogP contribution in [0.4, 0.5) is 0 Å². The summed E-state index contributed by atoms with van der Waals surface area (Å²) in [7, 11) is 0. The Kier molecular flexibility index (Phi) is 6.59. The summed E-state index contributed by atoms with van der Waals surface area (Å²) in [4.78, 5) is 24.8. The standard InChI is InChI=1S/C20H22ClNO3/c1-13(2)18(22-19(23)16-6-4-5-7-17(16)21)20(24)25-12-15-10-8-14(3)9-11-15/h4-11,13,18H,12H2,1-3H3,(H,22,23)/t18-/m0/s1. The second kappa shape index (κ2) is 8.67. The molecule has 0 saturated carbocycles. The first kappa shape index (κ1) is 19.0. The van der Waals surface area contributed by atoms with Crippen molar-refractivity contribution in [2.24, 2.45) is 5.92 Å². The van der Waals surface area contributed by atoms with Gasteiger partial charge in [0, 0.05) is 0 Å². The van der Waals surface area contributed by atoms with Gasteiger partial charge in [0.2, 0.25) is 0 Å². The summed E-state index contributed by atoms with van der Waals surface area (Å²) < 4.78 is 5.37. The van der Waals surface area contributed by atoms with E-state index in [1.807, 2.05) is 45.0 Å². The van der Waals surface area contributed by atoms with Crippen molar-refractivity contribution in [3.8, 4) is 0 Å². The molecule has 132 valence electrons. The number of aryl methyl sites for hydroxylation is 1. The molecular weight excluding hydrogens is 338 g/mol. The summed E-state index contributed by atoms with van der Waals surface area (Å²) in [6.07, 6.45) is 0. The fourth-order valence-corrected chi connectivity index (χ4v) is 2.51. The Labute approximate surface area is 153 Å². The van der Waals surface area contributed by atoms with E-state index in [0.29, 0.717) is 10.6 Å². The molecule has 2 aromatic carbocycles. The van der Waals surface area contributed by atoms with Crippen molar-refractivity contribution in [1.29, 1.82) is 0 Å². The Morgan fingerprint density at radius 3 is 2.32 bits per heavy atom. The second-order valence-corrected chi connectivity index (χ2v) is 6.68. The molecule has 5 heteroatoms. The van der Waals surface area contributed by atoms with Crippen molar-refractivity contribution in [1.82, 2.24) is 5.32 Å². The molecule has 0 aliphatic carbocycles. The highest BCUT2D eigenvalue weighted by atomic mass is 35.5. The van der Waals surface area contributed by atoms with Gasteiger partial charge in [0.25, 0.3) is 5.91 Å². The molecule has 0 heterocycles. The van der Waals surface area contributed by atoms with Crippen LogP contribution in [0, 0.1) is 12.8 Å². The molecule has 0 unspecified atom stereocenters. The Balaban J connectivity index is 2.01. The number of nitrogens with one attached hydrogen (secondary N) is 1. The highest BCUT2D eigenvalue weighted by Crippen LogP contribution is 2.16. The van der Waals surface area contributed by atoms with Gasteiger partial charge in [-0.05, 0) is 30.5 Å². The highest BCUT2D eigenvalue weighted by Gasteiger charge is 2.26. The van der Waals surface area contributed by atoms with Crippen molar-refractivity contribution in [2.75, 3.05) is 0 Å². The van der Waals surface area contributed by atoms with Crippen molar-refractivity contribution in [2.45, 2.75) is 33.4 Å². The molecule has 0 saturated heterocycles. The van der Waals surface area contributed by atoms with E-state index in [4.69, 9.17) is 16.3 Å². The zero-order valence-electron chi connectivity index (χ0n) is 14.6. The van der Waals surface area contributed by atoms with Crippen LogP contribution in [0.5, 0.6) is 0 Å². The predicted molar refractivity (Wildman–Crippen MR) is 98.5 cm³/mol. The zero-order chi connectivity index (χ0) is 18.4. The molecular formula is C20H22ClNO3. The van der Waals surface area contributed by atoms with Gasteiger partial charge in [0.1, 0.15) is 12.6 Å². The Hall–Kier alpha value is -2.33. The third-order valence-corrected chi connectivity index (χ3v) is 4.16. The van der Waals surface area contributed by atoms with Crippen LogP contribution in [0.3, 0.4) is 0 Å². The van der Waals surface area contributed by atoms with E-state index < -0.39 is 17.9 Å². The average Bonchev–Trinajstić information content (AvgIpc) is 2.58. The van der Waals surface area contributed by atoms with Crippen molar-refractivity contribution in [3.63, 3.8) is 0 Å². The molecule has 4 nitrogen and oxygen atoms in total. The van der Waals surface area contributed by atoms with Gasteiger partial charge in [-0.2, -0.15) is 0 Å². The molecule has 0 bridgehead atoms. The maximum atomic E-state index is 12.4. The van der Waals surface area contributed by atoms with Gasteiger partial charge in [-0.25, -0.2) is 4.79 Å². The molecule has 1 atom stereocenters. The molecule has 0 radical (unpaired) electrons. The summed E-state index contributed by atoms with van der Waals surface area (Å²) >= 11 is 6.04. The van der Waals surface area contributed by atoms with E-state index in [1.54, 1.807) is 24.3 Å². The van der Waals surface area contributed by atoms with Gasteiger partial charge < -0.3 is 10.1 Å². The first-order chi connectivity index (χ1) is 11.9. The average molecular weight is 360 g/mol. The molecule has 1 N–H and O–H groups in total. The topological polar surface area (TPSA) is 55.4 Å². The Morgan fingerprint density at radius 2 is 1.72 bits per heavy atom. The van der Waals surface area contributed by atoms with Gasteiger partial charge >= 0.3 is 5.97 Å². The van der Waals surface area contributed by atoms with Gasteiger partial charge in [-0.3, -0.25) is 4.79 Å². The summed E-state index contributed by atoms with van der Waals surface area (Å²) in [5.41, 5.74) is 2.38. The quantitative estimate of drug-likeness (QED) is 0.788. The molecule has 1 amide bonds.